The number of aromatic amines is 1. The lowest BCUT2D eigenvalue weighted by Crippen LogP contribution is -2.31. The minimum Gasteiger partial charge on any atom is -0.470 e. The van der Waals surface area contributed by atoms with Crippen LogP contribution in [0.2, 0.25) is 0 Å². The van der Waals surface area contributed by atoms with E-state index in [1.165, 1.54) is 6.07 Å². The molecule has 37 heavy (non-hydrogen) atoms. The highest BCUT2D eigenvalue weighted by atomic mass is 32.2. The Morgan fingerprint density at radius 1 is 1.11 bits per heavy atom. The van der Waals surface area contributed by atoms with E-state index in [-0.39, 0.29) is 31.2 Å². The van der Waals surface area contributed by atoms with Crippen LogP contribution < -0.4 is 4.74 Å². The van der Waals surface area contributed by atoms with Crippen LogP contribution in [0.25, 0.3) is 33.4 Å². The number of hydrogen-bond donors (Lipinski definition) is 2. The number of hydrogen-bond acceptors (Lipinski definition) is 6. The summed E-state index contributed by atoms with van der Waals surface area (Å²) in [4.78, 5) is 7.40. The minimum absolute atomic E-state index is 0.0652. The van der Waals surface area contributed by atoms with Crippen LogP contribution in [0.5, 0.6) is 5.88 Å². The topological polar surface area (TPSA) is 96.8 Å². The third kappa shape index (κ3) is 5.66. The van der Waals surface area contributed by atoms with E-state index in [2.05, 4.69) is 14.3 Å². The molecule has 0 bridgehead atoms. The first-order valence-corrected chi connectivity index (χ1v) is 14.1. The first-order chi connectivity index (χ1) is 17.7. The monoisotopic (exact) mass is 527 g/mol. The van der Waals surface area contributed by atoms with Crippen molar-refractivity contribution in [2.24, 2.45) is 4.36 Å². The van der Waals surface area contributed by atoms with E-state index < -0.39 is 33.9 Å². The smallest absolute Gasteiger partial charge is 0.193 e. The van der Waals surface area contributed by atoms with Gasteiger partial charge in [-0.15, -0.1) is 0 Å². The summed E-state index contributed by atoms with van der Waals surface area (Å²) in [6.45, 7) is -0.100. The predicted molar refractivity (Wildman–Crippen MR) is 140 cm³/mol. The number of nitrogens with one attached hydrogen (secondary N) is 1. The Hall–Kier alpha value is -3.34. The van der Waals surface area contributed by atoms with Crippen molar-refractivity contribution in [1.82, 2.24) is 9.97 Å². The number of ether oxygens (including phenoxy) is 2. The van der Waals surface area contributed by atoms with Crippen LogP contribution in [0, 0.1) is 5.82 Å². The van der Waals surface area contributed by atoms with Crippen molar-refractivity contribution in [3.8, 4) is 28.3 Å². The minimum atomic E-state index is -2.23. The van der Waals surface area contributed by atoms with Gasteiger partial charge in [0.2, 0.25) is 0 Å². The molecule has 1 aliphatic rings. The Morgan fingerprint density at radius 2 is 1.76 bits per heavy atom. The molecular formula is C27H27F2N3O4S. The summed E-state index contributed by atoms with van der Waals surface area (Å²) < 4.78 is 56.6. The third-order valence-electron chi connectivity index (χ3n) is 6.09. The number of aliphatic hydroxyl groups excluding tert-OH is 1. The van der Waals surface area contributed by atoms with E-state index >= 15 is 0 Å². The molecule has 0 spiro atoms. The van der Waals surface area contributed by atoms with E-state index in [0.29, 0.717) is 22.3 Å². The highest BCUT2D eigenvalue weighted by molar-refractivity contribution is 7.92. The summed E-state index contributed by atoms with van der Waals surface area (Å²) in [6.07, 6.45) is 0.474. The summed E-state index contributed by atoms with van der Waals surface area (Å²) in [5.41, 5.74) is 4.25. The zero-order chi connectivity index (χ0) is 26.2. The molecule has 2 aromatic heterocycles. The molecule has 2 N–H and O–H groups in total. The second kappa shape index (κ2) is 10.2. The fourth-order valence-corrected chi connectivity index (χ4v) is 4.96. The fourth-order valence-electron chi connectivity index (χ4n) is 4.33. The quantitative estimate of drug-likeness (QED) is 0.342. The summed E-state index contributed by atoms with van der Waals surface area (Å²) in [7, 11) is -2.23. The van der Waals surface area contributed by atoms with Gasteiger partial charge in [-0.3, -0.25) is 0 Å². The van der Waals surface area contributed by atoms with Crippen molar-refractivity contribution in [1.29, 1.82) is 0 Å². The highest BCUT2D eigenvalue weighted by Gasteiger charge is 2.39. The molecule has 1 saturated heterocycles. The average Bonchev–Trinajstić information content (AvgIpc) is 3.41. The molecule has 0 saturated carbocycles. The number of aliphatic hydroxyl groups is 1. The number of alkyl halides is 1. The first-order valence-electron chi connectivity index (χ1n) is 11.8. The van der Waals surface area contributed by atoms with Gasteiger partial charge in [0.15, 0.2) is 24.0 Å². The Balaban J connectivity index is 1.35. The lowest BCUT2D eigenvalue weighted by molar-refractivity contribution is 0.0562. The normalized spacial score (nSPS) is 19.9. The van der Waals surface area contributed by atoms with Crippen molar-refractivity contribution in [3.05, 3.63) is 66.5 Å². The number of nitrogens with zero attached hydrogens (tertiary/aromatic N) is 2. The van der Waals surface area contributed by atoms with E-state index in [4.69, 9.17) is 14.6 Å². The summed E-state index contributed by atoms with van der Waals surface area (Å²) in [5, 5.41) is 9.03. The molecule has 5 rings (SSSR count). The Bertz CT molecular complexity index is 1520. The van der Waals surface area contributed by atoms with Gasteiger partial charge in [-0.1, -0.05) is 36.4 Å². The zero-order valence-corrected chi connectivity index (χ0v) is 21.2. The standard InChI is InChI=1S/C27H27F2N3O4S/c1-37(2,34)32-19-9-7-17(8-10-19)16-3-5-18(6-4-16)27-20(28)13-21-22(31-27)14-25(30-21)36-24-15-35-23(11-12-33)26(24)29/h3-10,13-14,23-24,26,30,33H,11-12,15H2,1-2H3/t23-,24-,26+/m1/s1. The van der Waals surface area contributed by atoms with Gasteiger partial charge in [0.05, 0.1) is 29.4 Å². The maximum atomic E-state index is 15.0. The second-order valence-corrected chi connectivity index (χ2v) is 11.8. The van der Waals surface area contributed by atoms with Gasteiger partial charge in [0.25, 0.3) is 0 Å². The van der Waals surface area contributed by atoms with Gasteiger partial charge in [-0.25, -0.2) is 18.0 Å². The van der Waals surface area contributed by atoms with Crippen molar-refractivity contribution < 1.29 is 27.6 Å². The van der Waals surface area contributed by atoms with E-state index in [1.807, 2.05) is 36.4 Å². The largest absolute Gasteiger partial charge is 0.470 e. The zero-order valence-electron chi connectivity index (χ0n) is 20.4. The molecule has 0 aliphatic carbocycles. The Labute approximate surface area is 213 Å². The molecule has 4 aromatic rings. The lowest BCUT2D eigenvalue weighted by Gasteiger charge is -2.14. The Kier molecular flexibility index (Phi) is 6.98. The number of pyridine rings is 1. The molecule has 0 amide bonds. The number of fused-ring (bicyclic) bond motifs is 1. The van der Waals surface area contributed by atoms with Crippen LogP contribution in [0.15, 0.2) is 65.0 Å². The fraction of sp³-hybridized carbons (Fsp3) is 0.296. The van der Waals surface area contributed by atoms with Gasteiger partial charge in [-0.05, 0) is 29.7 Å². The predicted octanol–water partition coefficient (Wildman–Crippen LogP) is 5.26. The molecule has 7 nitrogen and oxygen atoms in total. The summed E-state index contributed by atoms with van der Waals surface area (Å²) >= 11 is 0. The first kappa shape index (κ1) is 25.3. The number of rotatable bonds is 7. The SMILES string of the molecule is CS(C)(=O)=Nc1ccc(-c2ccc(-c3nc4cc(O[C@@H]5CO[C@H](CCO)[C@@H]5F)[nH]c4cc3F)cc2)cc1. The maximum absolute atomic E-state index is 15.0. The van der Waals surface area contributed by atoms with E-state index in [9.17, 15) is 13.0 Å². The molecule has 0 radical (unpaired) electrons. The van der Waals surface area contributed by atoms with Crippen molar-refractivity contribution in [2.45, 2.75) is 24.8 Å². The number of benzene rings is 2. The van der Waals surface area contributed by atoms with Crippen LogP contribution in [0.3, 0.4) is 0 Å². The number of H-pyrrole nitrogens is 1. The Morgan fingerprint density at radius 3 is 2.41 bits per heavy atom. The van der Waals surface area contributed by atoms with Gasteiger partial charge >= 0.3 is 0 Å². The van der Waals surface area contributed by atoms with Crippen molar-refractivity contribution in [3.63, 3.8) is 0 Å². The summed E-state index contributed by atoms with van der Waals surface area (Å²) in [6, 6.07) is 17.7. The molecule has 1 fully saturated rings. The molecule has 3 heterocycles. The van der Waals surface area contributed by atoms with Gasteiger partial charge in [0, 0.05) is 46.5 Å². The molecule has 1 aliphatic heterocycles. The van der Waals surface area contributed by atoms with Crippen LogP contribution in [0.1, 0.15) is 6.42 Å². The van der Waals surface area contributed by atoms with Crippen LogP contribution in [0.4, 0.5) is 14.5 Å². The molecular weight excluding hydrogens is 500 g/mol. The van der Waals surface area contributed by atoms with Gasteiger partial charge < -0.3 is 19.6 Å². The van der Waals surface area contributed by atoms with Crippen LogP contribution >= 0.6 is 0 Å². The van der Waals surface area contributed by atoms with Crippen molar-refractivity contribution in [2.75, 3.05) is 25.7 Å². The average molecular weight is 528 g/mol. The third-order valence-corrected chi connectivity index (χ3v) is 6.74. The lowest BCUT2D eigenvalue weighted by atomic mass is 10.0. The maximum Gasteiger partial charge on any atom is 0.193 e. The number of aromatic nitrogens is 2. The summed E-state index contributed by atoms with van der Waals surface area (Å²) in [5.74, 6) is -0.231. The van der Waals surface area contributed by atoms with E-state index in [0.717, 1.165) is 11.1 Å². The molecule has 0 unspecified atom stereocenters. The van der Waals surface area contributed by atoms with Gasteiger partial charge in [-0.2, -0.15) is 4.36 Å². The van der Waals surface area contributed by atoms with Crippen LogP contribution in [-0.2, 0) is 14.5 Å². The van der Waals surface area contributed by atoms with E-state index in [1.54, 1.807) is 30.7 Å². The molecule has 2 aromatic carbocycles. The van der Waals surface area contributed by atoms with Crippen molar-refractivity contribution >= 4 is 26.4 Å². The molecule has 10 heteroatoms. The molecule has 194 valence electrons. The van der Waals surface area contributed by atoms with Crippen LogP contribution in [-0.4, -0.2) is 63.4 Å². The second-order valence-electron chi connectivity index (χ2n) is 9.27. The van der Waals surface area contributed by atoms with Gasteiger partial charge in [0.1, 0.15) is 5.69 Å². The number of halogens is 2. The molecule has 3 atom stereocenters. The highest BCUT2D eigenvalue weighted by Crippen LogP contribution is 2.31.